The van der Waals surface area contributed by atoms with Crippen LogP contribution in [0.5, 0.6) is 5.75 Å². The summed E-state index contributed by atoms with van der Waals surface area (Å²) in [6.45, 7) is 0.496. The van der Waals surface area contributed by atoms with E-state index in [-0.39, 0.29) is 0 Å². The molecule has 22 heavy (non-hydrogen) atoms. The van der Waals surface area contributed by atoms with Crippen molar-refractivity contribution in [1.82, 2.24) is 0 Å². The van der Waals surface area contributed by atoms with Crippen molar-refractivity contribution in [1.29, 1.82) is 0 Å². The third-order valence-corrected chi connectivity index (χ3v) is 3.52. The number of hydrogen-bond donors (Lipinski definition) is 2. The van der Waals surface area contributed by atoms with E-state index < -0.39 is 0 Å². The quantitative estimate of drug-likeness (QED) is 0.711. The van der Waals surface area contributed by atoms with Crippen molar-refractivity contribution >= 4 is 11.4 Å². The molecule has 0 saturated heterocycles. The Morgan fingerprint density at radius 2 is 1.45 bits per heavy atom. The number of para-hydroxylation sites is 1. The van der Waals surface area contributed by atoms with Gasteiger partial charge in [0.1, 0.15) is 12.4 Å². The molecule has 3 aromatic rings. The monoisotopic (exact) mass is 290 g/mol. The lowest BCUT2D eigenvalue weighted by molar-refractivity contribution is 0.308. The SMILES string of the molecule is Nc1ccc(-c2cccc(OCc3ccccc3)c2N)cc1. The summed E-state index contributed by atoms with van der Waals surface area (Å²) >= 11 is 0. The molecule has 0 aliphatic rings. The molecule has 110 valence electrons. The molecule has 0 radical (unpaired) electrons. The van der Waals surface area contributed by atoms with E-state index in [2.05, 4.69) is 0 Å². The highest BCUT2D eigenvalue weighted by atomic mass is 16.5. The molecule has 0 atom stereocenters. The van der Waals surface area contributed by atoms with Crippen molar-refractivity contribution < 1.29 is 4.74 Å². The lowest BCUT2D eigenvalue weighted by atomic mass is 10.0. The topological polar surface area (TPSA) is 61.3 Å². The van der Waals surface area contributed by atoms with Crippen LogP contribution in [0.4, 0.5) is 11.4 Å². The molecule has 0 aromatic heterocycles. The average molecular weight is 290 g/mol. The van der Waals surface area contributed by atoms with Crippen LogP contribution in [-0.2, 0) is 6.61 Å². The zero-order chi connectivity index (χ0) is 15.4. The van der Waals surface area contributed by atoms with Crippen LogP contribution in [0.1, 0.15) is 5.56 Å². The molecular weight excluding hydrogens is 272 g/mol. The lowest BCUT2D eigenvalue weighted by Crippen LogP contribution is -2.00. The van der Waals surface area contributed by atoms with Gasteiger partial charge in [0.15, 0.2) is 0 Å². The predicted molar refractivity (Wildman–Crippen MR) is 91.5 cm³/mol. The van der Waals surface area contributed by atoms with Gasteiger partial charge in [-0.15, -0.1) is 0 Å². The molecule has 0 saturated carbocycles. The van der Waals surface area contributed by atoms with E-state index >= 15 is 0 Å². The van der Waals surface area contributed by atoms with E-state index in [1.165, 1.54) is 0 Å². The maximum absolute atomic E-state index is 6.26. The van der Waals surface area contributed by atoms with Crippen LogP contribution in [0.2, 0.25) is 0 Å². The third-order valence-electron chi connectivity index (χ3n) is 3.52. The molecule has 4 N–H and O–H groups in total. The van der Waals surface area contributed by atoms with E-state index in [0.29, 0.717) is 18.0 Å². The van der Waals surface area contributed by atoms with Gasteiger partial charge in [0, 0.05) is 11.3 Å². The molecule has 0 heterocycles. The number of nitrogens with two attached hydrogens (primary N) is 2. The highest BCUT2D eigenvalue weighted by Gasteiger charge is 2.08. The average Bonchev–Trinajstić information content (AvgIpc) is 2.56. The van der Waals surface area contributed by atoms with Gasteiger partial charge < -0.3 is 16.2 Å². The van der Waals surface area contributed by atoms with Crippen LogP contribution in [0.3, 0.4) is 0 Å². The second-order valence-corrected chi connectivity index (χ2v) is 5.11. The Hall–Kier alpha value is -2.94. The summed E-state index contributed by atoms with van der Waals surface area (Å²) in [5.41, 5.74) is 16.5. The number of rotatable bonds is 4. The fourth-order valence-corrected chi connectivity index (χ4v) is 2.32. The molecule has 0 fully saturated rings. The maximum Gasteiger partial charge on any atom is 0.143 e. The Labute approximate surface area is 130 Å². The van der Waals surface area contributed by atoms with Gasteiger partial charge in [-0.1, -0.05) is 54.6 Å². The maximum atomic E-state index is 6.26. The first kappa shape index (κ1) is 14.0. The summed E-state index contributed by atoms with van der Waals surface area (Å²) in [4.78, 5) is 0. The van der Waals surface area contributed by atoms with Crippen molar-refractivity contribution in [2.75, 3.05) is 11.5 Å². The number of benzene rings is 3. The van der Waals surface area contributed by atoms with Gasteiger partial charge in [-0.25, -0.2) is 0 Å². The van der Waals surface area contributed by atoms with Gasteiger partial charge in [0.25, 0.3) is 0 Å². The summed E-state index contributed by atoms with van der Waals surface area (Å²) in [7, 11) is 0. The van der Waals surface area contributed by atoms with Crippen LogP contribution in [0.25, 0.3) is 11.1 Å². The predicted octanol–water partition coefficient (Wildman–Crippen LogP) is 4.10. The zero-order valence-corrected chi connectivity index (χ0v) is 12.2. The lowest BCUT2D eigenvalue weighted by Gasteiger charge is -2.13. The molecule has 0 aliphatic carbocycles. The molecule has 0 aliphatic heterocycles. The van der Waals surface area contributed by atoms with E-state index in [1.807, 2.05) is 72.8 Å². The Morgan fingerprint density at radius 3 is 2.18 bits per heavy atom. The fraction of sp³-hybridized carbons (Fsp3) is 0.0526. The Morgan fingerprint density at radius 1 is 0.727 bits per heavy atom. The summed E-state index contributed by atoms with van der Waals surface area (Å²) < 4.78 is 5.86. The van der Waals surface area contributed by atoms with Crippen LogP contribution >= 0.6 is 0 Å². The minimum atomic E-state index is 0.496. The summed E-state index contributed by atoms with van der Waals surface area (Å²) in [5.74, 6) is 0.693. The van der Waals surface area contributed by atoms with Gasteiger partial charge >= 0.3 is 0 Å². The van der Waals surface area contributed by atoms with Crippen LogP contribution in [0.15, 0.2) is 72.8 Å². The first-order valence-corrected chi connectivity index (χ1v) is 7.15. The Bertz CT molecular complexity index is 752. The van der Waals surface area contributed by atoms with E-state index in [4.69, 9.17) is 16.2 Å². The first-order chi connectivity index (χ1) is 10.7. The Kier molecular flexibility index (Phi) is 3.97. The first-order valence-electron chi connectivity index (χ1n) is 7.15. The normalized spacial score (nSPS) is 10.4. The molecule has 0 amide bonds. The molecule has 0 spiro atoms. The summed E-state index contributed by atoms with van der Waals surface area (Å²) in [6.07, 6.45) is 0. The molecule has 0 unspecified atom stereocenters. The van der Waals surface area contributed by atoms with E-state index in [0.717, 1.165) is 22.4 Å². The molecule has 0 bridgehead atoms. The second kappa shape index (κ2) is 6.22. The minimum absolute atomic E-state index is 0.496. The van der Waals surface area contributed by atoms with Crippen molar-refractivity contribution in [3.63, 3.8) is 0 Å². The van der Waals surface area contributed by atoms with Crippen molar-refractivity contribution in [2.24, 2.45) is 0 Å². The number of hydrogen-bond acceptors (Lipinski definition) is 3. The van der Waals surface area contributed by atoms with Crippen LogP contribution < -0.4 is 16.2 Å². The van der Waals surface area contributed by atoms with Crippen molar-refractivity contribution in [3.8, 4) is 16.9 Å². The standard InChI is InChI=1S/C19H18N2O/c20-16-11-9-15(10-12-16)17-7-4-8-18(19(17)21)22-13-14-5-2-1-3-6-14/h1-12H,13,20-21H2. The minimum Gasteiger partial charge on any atom is -0.487 e. The van der Waals surface area contributed by atoms with Gasteiger partial charge in [0.05, 0.1) is 5.69 Å². The van der Waals surface area contributed by atoms with Crippen molar-refractivity contribution in [3.05, 3.63) is 78.4 Å². The molecule has 3 rings (SSSR count). The number of nitrogen functional groups attached to an aromatic ring is 2. The third kappa shape index (κ3) is 3.04. The molecule has 3 nitrogen and oxygen atoms in total. The molecule has 3 heteroatoms. The zero-order valence-electron chi connectivity index (χ0n) is 12.2. The molecular formula is C19H18N2O. The highest BCUT2D eigenvalue weighted by Crippen LogP contribution is 2.33. The van der Waals surface area contributed by atoms with Gasteiger partial charge in [-0.2, -0.15) is 0 Å². The highest BCUT2D eigenvalue weighted by molar-refractivity contribution is 5.81. The van der Waals surface area contributed by atoms with Gasteiger partial charge in [-0.3, -0.25) is 0 Å². The summed E-state index contributed by atoms with van der Waals surface area (Å²) in [6, 6.07) is 23.5. The van der Waals surface area contributed by atoms with Crippen LogP contribution in [0, 0.1) is 0 Å². The largest absolute Gasteiger partial charge is 0.487 e. The number of ether oxygens (including phenoxy) is 1. The van der Waals surface area contributed by atoms with Gasteiger partial charge in [0.2, 0.25) is 0 Å². The van der Waals surface area contributed by atoms with Gasteiger partial charge in [-0.05, 0) is 29.3 Å². The van der Waals surface area contributed by atoms with Crippen LogP contribution in [-0.4, -0.2) is 0 Å². The second-order valence-electron chi connectivity index (χ2n) is 5.11. The number of anilines is 2. The fourth-order valence-electron chi connectivity index (χ4n) is 2.32. The van der Waals surface area contributed by atoms with E-state index in [1.54, 1.807) is 0 Å². The summed E-state index contributed by atoms with van der Waals surface area (Å²) in [5, 5.41) is 0. The van der Waals surface area contributed by atoms with E-state index in [9.17, 15) is 0 Å². The smallest absolute Gasteiger partial charge is 0.143 e. The Balaban J connectivity index is 1.84. The molecule has 3 aromatic carbocycles. The van der Waals surface area contributed by atoms with Crippen molar-refractivity contribution in [2.45, 2.75) is 6.61 Å².